The van der Waals surface area contributed by atoms with Gasteiger partial charge in [-0.05, 0) is 61.1 Å². The van der Waals surface area contributed by atoms with Crippen molar-refractivity contribution in [3.05, 3.63) is 54.1 Å². The van der Waals surface area contributed by atoms with Crippen molar-refractivity contribution in [2.24, 2.45) is 0 Å². The Morgan fingerprint density at radius 2 is 1.85 bits per heavy atom. The molecule has 2 rings (SSSR count). The van der Waals surface area contributed by atoms with Gasteiger partial charge in [-0.15, -0.1) is 0 Å². The van der Waals surface area contributed by atoms with E-state index in [1.54, 1.807) is 37.4 Å². The number of carbonyl (C=O) groups excluding carboxylic acids is 2. The average Bonchev–Trinajstić information content (AvgIpc) is 2.60. The van der Waals surface area contributed by atoms with Crippen LogP contribution < -0.4 is 20.3 Å². The summed E-state index contributed by atoms with van der Waals surface area (Å²) in [5, 5.41) is 5.65. The van der Waals surface area contributed by atoms with Gasteiger partial charge >= 0.3 is 0 Å². The van der Waals surface area contributed by atoms with E-state index >= 15 is 0 Å². The molecule has 0 fully saturated rings. The van der Waals surface area contributed by atoms with Crippen molar-refractivity contribution < 1.29 is 14.3 Å². The molecule has 0 aliphatic heterocycles. The van der Waals surface area contributed by atoms with Gasteiger partial charge in [0.05, 0.1) is 0 Å². The van der Waals surface area contributed by atoms with E-state index in [4.69, 9.17) is 17.0 Å². The average molecular weight is 371 g/mol. The molecule has 0 heterocycles. The lowest BCUT2D eigenvalue weighted by molar-refractivity contribution is -0.121. The molecule has 0 aromatic heterocycles. The molecule has 0 aliphatic rings. The van der Waals surface area contributed by atoms with E-state index in [0.717, 1.165) is 11.3 Å². The smallest absolute Gasteiger partial charge is 0.264 e. The number of rotatable bonds is 5. The van der Waals surface area contributed by atoms with Crippen molar-refractivity contribution in [1.29, 1.82) is 0 Å². The number of benzene rings is 2. The van der Waals surface area contributed by atoms with Gasteiger partial charge in [0.2, 0.25) is 5.91 Å². The fourth-order valence-corrected chi connectivity index (χ4v) is 2.36. The Morgan fingerprint density at radius 3 is 2.46 bits per heavy atom. The molecule has 0 atom stereocenters. The lowest BCUT2D eigenvalue weighted by atomic mass is 10.2. The number of aryl methyl sites for hydroxylation is 1. The van der Waals surface area contributed by atoms with Gasteiger partial charge in [0.15, 0.2) is 11.7 Å². The fourth-order valence-electron chi connectivity index (χ4n) is 2.13. The van der Waals surface area contributed by atoms with Crippen LogP contribution in [-0.4, -0.2) is 30.6 Å². The number of thiocarbonyl (C=S) groups is 1. The van der Waals surface area contributed by atoms with Crippen LogP contribution in [0.2, 0.25) is 0 Å². The molecular formula is C19H21N3O3S. The Balaban J connectivity index is 1.82. The summed E-state index contributed by atoms with van der Waals surface area (Å²) in [4.78, 5) is 24.8. The Labute approximate surface area is 158 Å². The highest BCUT2D eigenvalue weighted by Gasteiger charge is 2.08. The predicted octanol–water partition coefficient (Wildman–Crippen LogP) is 2.87. The highest BCUT2D eigenvalue weighted by atomic mass is 32.1. The second-order valence-corrected chi connectivity index (χ2v) is 6.14. The number of nitrogens with one attached hydrogen (secondary N) is 2. The van der Waals surface area contributed by atoms with E-state index in [-0.39, 0.29) is 23.5 Å². The second kappa shape index (κ2) is 8.96. The van der Waals surface area contributed by atoms with Gasteiger partial charge in [-0.2, -0.15) is 0 Å². The molecule has 6 nitrogen and oxygen atoms in total. The largest absolute Gasteiger partial charge is 0.484 e. The van der Waals surface area contributed by atoms with Crippen molar-refractivity contribution >= 4 is 40.5 Å². The Bertz CT molecular complexity index is 806. The van der Waals surface area contributed by atoms with Crippen LogP contribution in [-0.2, 0) is 9.59 Å². The van der Waals surface area contributed by atoms with Crippen molar-refractivity contribution in [1.82, 2.24) is 5.32 Å². The van der Waals surface area contributed by atoms with Crippen molar-refractivity contribution in [3.8, 4) is 5.75 Å². The van der Waals surface area contributed by atoms with Crippen LogP contribution in [0.5, 0.6) is 5.75 Å². The number of hydrogen-bond donors (Lipinski definition) is 2. The van der Waals surface area contributed by atoms with Crippen LogP contribution in [0, 0.1) is 6.92 Å². The lowest BCUT2D eigenvalue weighted by Gasteiger charge is -2.16. The first-order chi connectivity index (χ1) is 12.3. The first kappa shape index (κ1) is 19.4. The second-order valence-electron chi connectivity index (χ2n) is 5.73. The van der Waals surface area contributed by atoms with Crippen LogP contribution >= 0.6 is 12.2 Å². The molecule has 0 spiro atoms. The number of carbonyl (C=O) groups is 2. The molecule has 0 saturated heterocycles. The maximum Gasteiger partial charge on any atom is 0.264 e. The Kier molecular flexibility index (Phi) is 6.68. The van der Waals surface area contributed by atoms with E-state index in [1.165, 1.54) is 11.8 Å². The molecule has 7 heteroatoms. The molecule has 136 valence electrons. The number of amides is 2. The summed E-state index contributed by atoms with van der Waals surface area (Å²) >= 11 is 5.13. The Morgan fingerprint density at radius 1 is 1.15 bits per heavy atom. The summed E-state index contributed by atoms with van der Waals surface area (Å²) in [7, 11) is 1.70. The van der Waals surface area contributed by atoms with E-state index in [9.17, 15) is 9.59 Å². The van der Waals surface area contributed by atoms with E-state index in [2.05, 4.69) is 10.6 Å². The van der Waals surface area contributed by atoms with Gasteiger partial charge < -0.3 is 15.0 Å². The van der Waals surface area contributed by atoms with Crippen LogP contribution in [0.1, 0.15) is 12.5 Å². The summed E-state index contributed by atoms with van der Waals surface area (Å²) in [6.45, 7) is 3.31. The number of ether oxygens (including phenoxy) is 1. The third-order valence-electron chi connectivity index (χ3n) is 3.60. The molecule has 26 heavy (non-hydrogen) atoms. The predicted molar refractivity (Wildman–Crippen MR) is 107 cm³/mol. The third kappa shape index (κ3) is 5.86. The number of anilines is 2. The molecule has 0 bridgehead atoms. The quantitative estimate of drug-likeness (QED) is 0.791. The number of hydrogen-bond acceptors (Lipinski definition) is 4. The highest BCUT2D eigenvalue weighted by molar-refractivity contribution is 7.80. The van der Waals surface area contributed by atoms with Gasteiger partial charge in [0.25, 0.3) is 5.91 Å². The van der Waals surface area contributed by atoms with Crippen molar-refractivity contribution in [2.45, 2.75) is 13.8 Å². The van der Waals surface area contributed by atoms with Crippen LogP contribution in [0.3, 0.4) is 0 Å². The van der Waals surface area contributed by atoms with Crippen LogP contribution in [0.25, 0.3) is 0 Å². The zero-order valence-corrected chi connectivity index (χ0v) is 15.7. The molecule has 0 saturated carbocycles. The molecule has 2 aromatic rings. The first-order valence-corrected chi connectivity index (χ1v) is 8.40. The molecule has 2 aromatic carbocycles. The van der Waals surface area contributed by atoms with Gasteiger partial charge in [0.1, 0.15) is 5.75 Å². The fraction of sp³-hybridized carbons (Fsp3) is 0.211. The van der Waals surface area contributed by atoms with Gasteiger partial charge in [-0.1, -0.05) is 12.1 Å². The van der Waals surface area contributed by atoms with Crippen molar-refractivity contribution in [3.63, 3.8) is 0 Å². The van der Waals surface area contributed by atoms with Gasteiger partial charge in [0, 0.05) is 25.3 Å². The highest BCUT2D eigenvalue weighted by Crippen LogP contribution is 2.17. The van der Waals surface area contributed by atoms with E-state index in [0.29, 0.717) is 11.4 Å². The zero-order chi connectivity index (χ0) is 19.1. The summed E-state index contributed by atoms with van der Waals surface area (Å²) in [6, 6.07) is 14.6. The van der Waals surface area contributed by atoms with E-state index < -0.39 is 0 Å². The zero-order valence-electron chi connectivity index (χ0n) is 14.9. The van der Waals surface area contributed by atoms with Crippen LogP contribution in [0.15, 0.2) is 48.5 Å². The van der Waals surface area contributed by atoms with Gasteiger partial charge in [-0.3, -0.25) is 14.9 Å². The maximum atomic E-state index is 11.9. The standard InChI is InChI=1S/C19H21N3O3S/c1-13-5-4-6-17(11-13)25-12-18(24)21-19(26)20-15-7-9-16(10-8-15)22(3)14(2)23/h4-11H,12H2,1-3H3,(H2,20,21,24,26). The molecule has 0 aliphatic carbocycles. The maximum absolute atomic E-state index is 11.9. The summed E-state index contributed by atoms with van der Waals surface area (Å²) in [5.41, 5.74) is 2.53. The molecule has 0 radical (unpaired) electrons. The normalized spacial score (nSPS) is 9.96. The summed E-state index contributed by atoms with van der Waals surface area (Å²) < 4.78 is 5.43. The summed E-state index contributed by atoms with van der Waals surface area (Å²) in [6.07, 6.45) is 0. The third-order valence-corrected chi connectivity index (χ3v) is 3.80. The molecule has 2 amide bonds. The molecular weight excluding hydrogens is 350 g/mol. The topological polar surface area (TPSA) is 70.7 Å². The van der Waals surface area contributed by atoms with Gasteiger partial charge in [-0.25, -0.2) is 0 Å². The minimum atomic E-state index is -0.350. The first-order valence-electron chi connectivity index (χ1n) is 8.00. The van der Waals surface area contributed by atoms with Crippen molar-refractivity contribution in [2.75, 3.05) is 23.9 Å². The van der Waals surface area contributed by atoms with E-state index in [1.807, 2.05) is 25.1 Å². The van der Waals surface area contributed by atoms with Crippen LogP contribution in [0.4, 0.5) is 11.4 Å². The number of nitrogens with zero attached hydrogens (tertiary/aromatic N) is 1. The lowest BCUT2D eigenvalue weighted by Crippen LogP contribution is -2.37. The SMILES string of the molecule is CC(=O)N(C)c1ccc(NC(=S)NC(=O)COc2cccc(C)c2)cc1. The molecule has 0 unspecified atom stereocenters. The Hall–Kier alpha value is -2.93. The molecule has 2 N–H and O–H groups in total. The monoisotopic (exact) mass is 371 g/mol. The summed E-state index contributed by atoms with van der Waals surface area (Å²) in [5.74, 6) is 0.225. The minimum Gasteiger partial charge on any atom is -0.484 e. The minimum absolute atomic E-state index is 0.0536.